The molecule has 21 heavy (non-hydrogen) atoms. The van der Waals surface area contributed by atoms with Gasteiger partial charge in [0.15, 0.2) is 0 Å². The first-order valence-electron chi connectivity index (χ1n) is 6.40. The van der Waals surface area contributed by atoms with Crippen LogP contribution >= 0.6 is 0 Å². The molecule has 0 aliphatic rings. The summed E-state index contributed by atoms with van der Waals surface area (Å²) >= 11 is 0. The second-order valence-corrected chi connectivity index (χ2v) is 8.33. The predicted molar refractivity (Wildman–Crippen MR) is 85.4 cm³/mol. The number of nitrogens with two attached hydrogens (primary N) is 1. The zero-order chi connectivity index (χ0) is 16.1. The van der Waals surface area contributed by atoms with Crippen LogP contribution in [0.5, 0.6) is 0 Å². The number of sulfonamides is 2. The molecule has 0 heterocycles. The van der Waals surface area contributed by atoms with Crippen molar-refractivity contribution in [3.63, 3.8) is 0 Å². The summed E-state index contributed by atoms with van der Waals surface area (Å²) in [5.74, 6) is 0. The van der Waals surface area contributed by atoms with Crippen LogP contribution in [0.3, 0.4) is 0 Å². The van der Waals surface area contributed by atoms with E-state index in [1.165, 1.54) is 6.07 Å². The SMILES string of the molecule is CS(=O)(=O)Nc1cccc(CCCCN)c1NS(C)(=O)=O. The summed E-state index contributed by atoms with van der Waals surface area (Å²) in [5.41, 5.74) is 6.65. The molecule has 4 N–H and O–H groups in total. The van der Waals surface area contributed by atoms with Crippen LogP contribution in [0.2, 0.25) is 0 Å². The molecular weight excluding hydrogens is 314 g/mol. The summed E-state index contributed by atoms with van der Waals surface area (Å²) in [4.78, 5) is 0. The Labute approximate surface area is 126 Å². The van der Waals surface area contributed by atoms with Gasteiger partial charge in [0, 0.05) is 0 Å². The van der Waals surface area contributed by atoms with Crippen LogP contribution < -0.4 is 15.2 Å². The highest BCUT2D eigenvalue weighted by Crippen LogP contribution is 2.29. The molecular formula is C12H21N3O4S2. The van der Waals surface area contributed by atoms with E-state index >= 15 is 0 Å². The minimum absolute atomic E-state index is 0.216. The van der Waals surface area contributed by atoms with E-state index in [0.29, 0.717) is 13.0 Å². The van der Waals surface area contributed by atoms with Crippen LogP contribution in [-0.2, 0) is 26.5 Å². The van der Waals surface area contributed by atoms with Crippen LogP contribution in [0.25, 0.3) is 0 Å². The quantitative estimate of drug-likeness (QED) is 0.605. The van der Waals surface area contributed by atoms with Gasteiger partial charge in [-0.15, -0.1) is 0 Å². The smallest absolute Gasteiger partial charge is 0.229 e. The molecule has 0 aliphatic heterocycles. The Morgan fingerprint density at radius 3 is 2.14 bits per heavy atom. The van der Waals surface area contributed by atoms with Crippen molar-refractivity contribution in [3.05, 3.63) is 23.8 Å². The molecule has 9 heteroatoms. The number of hydrogen-bond donors (Lipinski definition) is 3. The maximum absolute atomic E-state index is 11.5. The summed E-state index contributed by atoms with van der Waals surface area (Å²) in [6, 6.07) is 4.96. The number of hydrogen-bond acceptors (Lipinski definition) is 5. The standard InChI is InChI=1S/C12H21N3O4S2/c1-20(16,17)14-11-8-5-7-10(6-3-4-9-13)12(11)15-21(2,18)19/h5,7-8,14-15H,3-4,6,9,13H2,1-2H3. The maximum atomic E-state index is 11.5. The number of benzene rings is 1. The van der Waals surface area contributed by atoms with Crippen molar-refractivity contribution in [1.82, 2.24) is 0 Å². The lowest BCUT2D eigenvalue weighted by atomic mass is 10.1. The monoisotopic (exact) mass is 335 g/mol. The van der Waals surface area contributed by atoms with Gasteiger partial charge in [-0.1, -0.05) is 12.1 Å². The fraction of sp³-hybridized carbons (Fsp3) is 0.500. The number of nitrogens with one attached hydrogen (secondary N) is 2. The van der Waals surface area contributed by atoms with Gasteiger partial charge in [0.25, 0.3) is 0 Å². The van der Waals surface area contributed by atoms with Crippen LogP contribution in [0, 0.1) is 0 Å². The minimum atomic E-state index is -3.52. The molecule has 0 aromatic heterocycles. The van der Waals surface area contributed by atoms with Crippen LogP contribution in [0.15, 0.2) is 18.2 Å². The molecule has 0 atom stereocenters. The van der Waals surface area contributed by atoms with Crippen LogP contribution in [0.4, 0.5) is 11.4 Å². The average molecular weight is 335 g/mol. The van der Waals surface area contributed by atoms with Crippen molar-refractivity contribution >= 4 is 31.4 Å². The lowest BCUT2D eigenvalue weighted by molar-refractivity contribution is 0.604. The summed E-state index contributed by atoms with van der Waals surface area (Å²) < 4.78 is 50.5. The first-order valence-corrected chi connectivity index (χ1v) is 10.2. The number of para-hydroxylation sites is 1. The van der Waals surface area contributed by atoms with Crippen LogP contribution in [0.1, 0.15) is 18.4 Å². The average Bonchev–Trinajstić information content (AvgIpc) is 2.30. The van der Waals surface area contributed by atoms with Gasteiger partial charge in [0.2, 0.25) is 20.0 Å². The Balaban J connectivity index is 3.20. The lowest BCUT2D eigenvalue weighted by Crippen LogP contribution is -2.16. The number of rotatable bonds is 8. The molecule has 0 bridgehead atoms. The molecule has 0 fully saturated rings. The van der Waals surface area contributed by atoms with Crippen molar-refractivity contribution in [3.8, 4) is 0 Å². The third-order valence-corrected chi connectivity index (χ3v) is 3.80. The van der Waals surface area contributed by atoms with Gasteiger partial charge in [-0.3, -0.25) is 9.44 Å². The summed E-state index contributed by atoms with van der Waals surface area (Å²) in [7, 11) is -7.02. The molecule has 1 aromatic rings. The molecule has 0 saturated carbocycles. The minimum Gasteiger partial charge on any atom is -0.330 e. The van der Waals surface area contributed by atoms with E-state index in [2.05, 4.69) is 9.44 Å². The molecule has 0 aliphatic carbocycles. The van der Waals surface area contributed by atoms with Gasteiger partial charge < -0.3 is 5.73 Å². The second-order valence-electron chi connectivity index (χ2n) is 4.83. The molecule has 7 nitrogen and oxygen atoms in total. The van der Waals surface area contributed by atoms with E-state index in [0.717, 1.165) is 30.9 Å². The molecule has 0 amide bonds. The van der Waals surface area contributed by atoms with Crippen molar-refractivity contribution in [2.75, 3.05) is 28.5 Å². The lowest BCUT2D eigenvalue weighted by Gasteiger charge is -2.16. The molecule has 1 aromatic carbocycles. The summed E-state index contributed by atoms with van der Waals surface area (Å²) in [6.07, 6.45) is 4.24. The van der Waals surface area contributed by atoms with Crippen molar-refractivity contribution in [1.29, 1.82) is 0 Å². The molecule has 0 radical (unpaired) electrons. The van der Waals surface area contributed by atoms with E-state index in [-0.39, 0.29) is 11.4 Å². The first kappa shape index (κ1) is 17.7. The fourth-order valence-corrected chi connectivity index (χ4v) is 3.04. The van der Waals surface area contributed by atoms with E-state index in [1.807, 2.05) is 0 Å². The van der Waals surface area contributed by atoms with E-state index in [4.69, 9.17) is 5.73 Å². The van der Waals surface area contributed by atoms with Crippen LogP contribution in [-0.4, -0.2) is 35.9 Å². The largest absolute Gasteiger partial charge is 0.330 e. The third-order valence-electron chi connectivity index (χ3n) is 2.63. The second kappa shape index (κ2) is 7.10. The number of aryl methyl sites for hydroxylation is 1. The van der Waals surface area contributed by atoms with E-state index in [9.17, 15) is 16.8 Å². The Hall–Kier alpha value is -1.32. The Kier molecular flexibility index (Phi) is 5.99. The molecule has 0 saturated heterocycles. The Morgan fingerprint density at radius 2 is 1.62 bits per heavy atom. The molecule has 1 rings (SSSR count). The highest BCUT2D eigenvalue weighted by Gasteiger charge is 2.14. The normalized spacial score (nSPS) is 12.1. The molecule has 120 valence electrons. The Bertz CT molecular complexity index is 684. The third kappa shape index (κ3) is 6.78. The molecule has 0 spiro atoms. The van der Waals surface area contributed by atoms with Gasteiger partial charge in [-0.05, 0) is 37.4 Å². The topological polar surface area (TPSA) is 118 Å². The summed E-state index contributed by atoms with van der Waals surface area (Å²) in [6.45, 7) is 0.552. The first-order chi connectivity index (χ1) is 9.62. The van der Waals surface area contributed by atoms with E-state index in [1.54, 1.807) is 12.1 Å². The van der Waals surface area contributed by atoms with Crippen molar-refractivity contribution in [2.24, 2.45) is 5.73 Å². The fourth-order valence-electron chi connectivity index (χ4n) is 1.86. The zero-order valence-electron chi connectivity index (χ0n) is 12.1. The van der Waals surface area contributed by atoms with Crippen molar-refractivity contribution < 1.29 is 16.8 Å². The van der Waals surface area contributed by atoms with Gasteiger partial charge in [-0.2, -0.15) is 0 Å². The van der Waals surface area contributed by atoms with Gasteiger partial charge in [0.1, 0.15) is 0 Å². The predicted octanol–water partition coefficient (Wildman–Crippen LogP) is 0.711. The number of unbranched alkanes of at least 4 members (excludes halogenated alkanes) is 1. The maximum Gasteiger partial charge on any atom is 0.229 e. The Morgan fingerprint density at radius 1 is 1.00 bits per heavy atom. The zero-order valence-corrected chi connectivity index (χ0v) is 13.7. The highest BCUT2D eigenvalue weighted by atomic mass is 32.2. The summed E-state index contributed by atoms with van der Waals surface area (Å²) in [5, 5.41) is 0. The van der Waals surface area contributed by atoms with Crippen molar-refractivity contribution in [2.45, 2.75) is 19.3 Å². The highest BCUT2D eigenvalue weighted by molar-refractivity contribution is 7.92. The number of anilines is 2. The van der Waals surface area contributed by atoms with Gasteiger partial charge in [-0.25, -0.2) is 16.8 Å². The van der Waals surface area contributed by atoms with E-state index < -0.39 is 20.0 Å². The van der Waals surface area contributed by atoms with Gasteiger partial charge in [0.05, 0.1) is 23.9 Å². The van der Waals surface area contributed by atoms with Gasteiger partial charge >= 0.3 is 0 Å². The molecule has 0 unspecified atom stereocenters.